The van der Waals surface area contributed by atoms with Crippen molar-refractivity contribution in [2.75, 3.05) is 11.1 Å². The zero-order chi connectivity index (χ0) is 20.4. The summed E-state index contributed by atoms with van der Waals surface area (Å²) in [6.07, 6.45) is 1.64. The number of carbonyl (C=O) groups is 1. The van der Waals surface area contributed by atoms with Gasteiger partial charge in [0.25, 0.3) is 5.56 Å². The molecule has 0 saturated carbocycles. The summed E-state index contributed by atoms with van der Waals surface area (Å²) in [5.41, 5.74) is 1.37. The van der Waals surface area contributed by atoms with Gasteiger partial charge in [-0.1, -0.05) is 36.0 Å². The number of carbonyl (C=O) groups excluding carboxylic acids is 1. The van der Waals surface area contributed by atoms with Crippen LogP contribution in [0, 0.1) is 6.92 Å². The number of rotatable bonds is 6. The third-order valence-electron chi connectivity index (χ3n) is 4.28. The Balaban J connectivity index is 1.67. The summed E-state index contributed by atoms with van der Waals surface area (Å²) >= 11 is 1.24. The van der Waals surface area contributed by atoms with E-state index in [-0.39, 0.29) is 17.2 Å². The summed E-state index contributed by atoms with van der Waals surface area (Å²) < 4.78 is 3.31. The van der Waals surface area contributed by atoms with Crippen LogP contribution in [0.4, 0.5) is 5.82 Å². The molecule has 0 bridgehead atoms. The van der Waals surface area contributed by atoms with Crippen LogP contribution < -0.4 is 10.9 Å². The molecule has 3 heterocycles. The molecule has 0 fully saturated rings. The van der Waals surface area contributed by atoms with Crippen LogP contribution in [-0.4, -0.2) is 35.8 Å². The Morgan fingerprint density at radius 1 is 1.21 bits per heavy atom. The van der Waals surface area contributed by atoms with Crippen LogP contribution in [0.3, 0.4) is 0 Å². The van der Waals surface area contributed by atoms with Crippen molar-refractivity contribution >= 4 is 40.2 Å². The van der Waals surface area contributed by atoms with Gasteiger partial charge < -0.3 is 5.32 Å². The molecular weight excluding hydrogens is 388 g/mol. The Hall–Kier alpha value is -3.46. The Bertz CT molecular complexity index is 1290. The van der Waals surface area contributed by atoms with Crippen LogP contribution in [0.1, 0.15) is 5.69 Å². The highest BCUT2D eigenvalue weighted by molar-refractivity contribution is 7.99. The van der Waals surface area contributed by atoms with E-state index in [0.29, 0.717) is 34.2 Å². The average molecular weight is 406 g/mol. The molecule has 1 aromatic carbocycles. The van der Waals surface area contributed by atoms with Gasteiger partial charge in [0.15, 0.2) is 5.16 Å². The number of benzene rings is 1. The fraction of sp³-hybridized carbons (Fsp3) is 0.150. The van der Waals surface area contributed by atoms with Crippen LogP contribution in [0.5, 0.6) is 0 Å². The number of hydrogen-bond acceptors (Lipinski definition) is 6. The standard InChI is InChI=1S/C20H18N6O2S/c1-3-11-25-18(28)14-8-4-5-9-15(14)26-19(25)23-24-20(26)29-12-17(27)22-16-10-6-7-13(2)21-16/h3-10H,1,11-12H2,2H3,(H,21,22,27). The maximum Gasteiger partial charge on any atom is 0.263 e. The summed E-state index contributed by atoms with van der Waals surface area (Å²) in [5.74, 6) is 0.850. The first-order valence-corrected chi connectivity index (χ1v) is 9.91. The molecule has 0 saturated heterocycles. The summed E-state index contributed by atoms with van der Waals surface area (Å²) in [7, 11) is 0. The second-order valence-electron chi connectivity index (χ2n) is 6.34. The number of hydrogen-bond donors (Lipinski definition) is 1. The van der Waals surface area contributed by atoms with Gasteiger partial charge in [0.2, 0.25) is 11.7 Å². The van der Waals surface area contributed by atoms with Gasteiger partial charge in [0.1, 0.15) is 5.82 Å². The molecule has 0 aliphatic carbocycles. The number of aryl methyl sites for hydroxylation is 1. The zero-order valence-electron chi connectivity index (χ0n) is 15.7. The fourth-order valence-corrected chi connectivity index (χ4v) is 3.78. The van der Waals surface area contributed by atoms with Crippen molar-refractivity contribution in [3.05, 3.63) is 71.2 Å². The van der Waals surface area contributed by atoms with E-state index in [9.17, 15) is 9.59 Å². The summed E-state index contributed by atoms with van der Waals surface area (Å²) in [5, 5.41) is 12.2. The normalized spacial score (nSPS) is 11.1. The first kappa shape index (κ1) is 18.9. The van der Waals surface area contributed by atoms with Crippen LogP contribution in [-0.2, 0) is 11.3 Å². The van der Waals surface area contributed by atoms with Crippen molar-refractivity contribution in [1.29, 1.82) is 0 Å². The molecule has 1 amide bonds. The molecule has 3 aromatic heterocycles. The SMILES string of the molecule is C=CCn1c(=O)c2ccccc2n2c(SCC(=O)Nc3cccc(C)n3)nnc12. The van der Waals surface area contributed by atoms with E-state index in [2.05, 4.69) is 27.1 Å². The van der Waals surface area contributed by atoms with Crippen LogP contribution >= 0.6 is 11.8 Å². The summed E-state index contributed by atoms with van der Waals surface area (Å²) in [6, 6.07) is 12.7. The van der Waals surface area contributed by atoms with Gasteiger partial charge in [-0.3, -0.25) is 18.6 Å². The fourth-order valence-electron chi connectivity index (χ4n) is 3.04. The lowest BCUT2D eigenvalue weighted by Gasteiger charge is -2.09. The van der Waals surface area contributed by atoms with Gasteiger partial charge in [-0.2, -0.15) is 0 Å². The van der Waals surface area contributed by atoms with Gasteiger partial charge in [0, 0.05) is 12.2 Å². The molecule has 29 heavy (non-hydrogen) atoms. The Kier molecular flexibility index (Phi) is 5.13. The minimum Gasteiger partial charge on any atom is -0.310 e. The Morgan fingerprint density at radius 3 is 2.83 bits per heavy atom. The second kappa shape index (κ2) is 7.88. The molecule has 8 nitrogen and oxygen atoms in total. The number of anilines is 1. The second-order valence-corrected chi connectivity index (χ2v) is 7.28. The molecule has 146 valence electrons. The molecule has 0 unspecified atom stereocenters. The smallest absolute Gasteiger partial charge is 0.263 e. The number of fused-ring (bicyclic) bond motifs is 3. The number of amides is 1. The molecule has 0 radical (unpaired) electrons. The van der Waals surface area contributed by atoms with Crippen molar-refractivity contribution in [2.24, 2.45) is 0 Å². The van der Waals surface area contributed by atoms with Gasteiger partial charge in [0.05, 0.1) is 16.7 Å². The molecule has 9 heteroatoms. The number of nitrogens with one attached hydrogen (secondary N) is 1. The van der Waals surface area contributed by atoms with E-state index in [1.165, 1.54) is 16.3 Å². The van der Waals surface area contributed by atoms with E-state index in [4.69, 9.17) is 0 Å². The average Bonchev–Trinajstić information content (AvgIpc) is 3.13. The maximum atomic E-state index is 12.8. The van der Waals surface area contributed by atoms with Gasteiger partial charge in [-0.25, -0.2) is 4.98 Å². The van der Waals surface area contributed by atoms with Gasteiger partial charge >= 0.3 is 0 Å². The van der Waals surface area contributed by atoms with E-state index < -0.39 is 0 Å². The summed E-state index contributed by atoms with van der Waals surface area (Å²) in [6.45, 7) is 5.89. The van der Waals surface area contributed by atoms with Gasteiger partial charge in [-0.05, 0) is 31.2 Å². The van der Waals surface area contributed by atoms with E-state index in [0.717, 1.165) is 5.69 Å². The van der Waals surface area contributed by atoms with E-state index in [1.54, 1.807) is 22.6 Å². The number of aromatic nitrogens is 5. The largest absolute Gasteiger partial charge is 0.310 e. The van der Waals surface area contributed by atoms with Crippen LogP contribution in [0.2, 0.25) is 0 Å². The highest BCUT2D eigenvalue weighted by atomic mass is 32.2. The highest BCUT2D eigenvalue weighted by Gasteiger charge is 2.17. The van der Waals surface area contributed by atoms with E-state index >= 15 is 0 Å². The van der Waals surface area contributed by atoms with Crippen molar-refractivity contribution < 1.29 is 4.79 Å². The number of para-hydroxylation sites is 1. The van der Waals surface area contributed by atoms with Crippen LogP contribution in [0.25, 0.3) is 16.7 Å². The topological polar surface area (TPSA) is 94.2 Å². The predicted molar refractivity (Wildman–Crippen MR) is 113 cm³/mol. The summed E-state index contributed by atoms with van der Waals surface area (Å²) in [4.78, 5) is 29.4. The lowest BCUT2D eigenvalue weighted by molar-refractivity contribution is -0.113. The van der Waals surface area contributed by atoms with Crippen LogP contribution in [0.15, 0.2) is 65.1 Å². The quantitative estimate of drug-likeness (QED) is 0.391. The van der Waals surface area contributed by atoms with Crippen molar-refractivity contribution in [3.8, 4) is 0 Å². The number of pyridine rings is 1. The van der Waals surface area contributed by atoms with E-state index in [1.807, 2.05) is 37.3 Å². The highest BCUT2D eigenvalue weighted by Crippen LogP contribution is 2.21. The number of nitrogens with zero attached hydrogens (tertiary/aromatic N) is 5. The number of thioether (sulfide) groups is 1. The Morgan fingerprint density at radius 2 is 2.03 bits per heavy atom. The molecule has 1 N–H and O–H groups in total. The molecule has 4 aromatic rings. The molecule has 0 spiro atoms. The maximum absolute atomic E-state index is 12.8. The van der Waals surface area contributed by atoms with Crippen molar-refractivity contribution in [3.63, 3.8) is 0 Å². The lowest BCUT2D eigenvalue weighted by Crippen LogP contribution is -2.22. The predicted octanol–water partition coefficient (Wildman–Crippen LogP) is 2.66. The van der Waals surface area contributed by atoms with Crippen molar-refractivity contribution in [2.45, 2.75) is 18.6 Å². The van der Waals surface area contributed by atoms with Crippen molar-refractivity contribution in [1.82, 2.24) is 24.1 Å². The first-order valence-electron chi connectivity index (χ1n) is 8.92. The lowest BCUT2D eigenvalue weighted by atomic mass is 10.2. The molecule has 4 rings (SSSR count). The Labute approximate surface area is 170 Å². The molecule has 0 atom stereocenters. The molecular formula is C20H18N6O2S. The molecule has 0 aliphatic rings. The first-order chi connectivity index (χ1) is 14.1. The minimum absolute atomic E-state index is 0.130. The molecule has 0 aliphatic heterocycles. The monoisotopic (exact) mass is 406 g/mol. The minimum atomic E-state index is -0.200. The third-order valence-corrected chi connectivity index (χ3v) is 5.21. The zero-order valence-corrected chi connectivity index (χ0v) is 16.5. The number of allylic oxidation sites excluding steroid dienone is 1. The van der Waals surface area contributed by atoms with Gasteiger partial charge in [-0.15, -0.1) is 16.8 Å². The third kappa shape index (κ3) is 3.64.